The van der Waals surface area contributed by atoms with Gasteiger partial charge in [0.05, 0.1) is 28.4 Å². The molecule has 39 heavy (non-hydrogen) atoms. The first-order valence-corrected chi connectivity index (χ1v) is 13.8. The van der Waals surface area contributed by atoms with E-state index in [2.05, 4.69) is 9.26 Å². The Morgan fingerprint density at radius 2 is 1.38 bits per heavy atom. The van der Waals surface area contributed by atoms with E-state index in [1.54, 1.807) is 43.0 Å². The molecule has 0 saturated carbocycles. The molecule has 3 rings (SSSR count). The number of Topliss-reactive ketones (excluding diaryl/α,β-unsaturated/α-hetero) is 1. The molecule has 3 aromatic rings. The number of thioether (sulfide) groups is 1. The van der Waals surface area contributed by atoms with Crippen molar-refractivity contribution in [2.45, 2.75) is 44.9 Å². The number of esters is 1. The van der Waals surface area contributed by atoms with E-state index in [0.29, 0.717) is 5.56 Å². The first-order chi connectivity index (χ1) is 18.5. The number of aryl methyl sites for hydroxylation is 2. The zero-order chi connectivity index (χ0) is 29.4. The summed E-state index contributed by atoms with van der Waals surface area (Å²) in [6, 6.07) is 22.2. The molecule has 0 spiro atoms. The summed E-state index contributed by atoms with van der Waals surface area (Å²) in [4.78, 5) is 45.0. The highest BCUT2D eigenvalue weighted by Gasteiger charge is 2.17. The van der Waals surface area contributed by atoms with E-state index in [1.165, 1.54) is 5.56 Å². The van der Waals surface area contributed by atoms with E-state index < -0.39 is 17.7 Å². The van der Waals surface area contributed by atoms with Crippen molar-refractivity contribution in [3.63, 3.8) is 0 Å². The van der Waals surface area contributed by atoms with Crippen LogP contribution in [0.4, 0.5) is 0 Å². The van der Waals surface area contributed by atoms with Crippen molar-refractivity contribution < 1.29 is 33.5 Å². The van der Waals surface area contributed by atoms with Crippen molar-refractivity contribution in [3.05, 3.63) is 101 Å². The fourth-order valence-electron chi connectivity index (χ4n) is 3.03. The second-order valence-electron chi connectivity index (χ2n) is 8.40. The maximum atomic E-state index is 11.5. The summed E-state index contributed by atoms with van der Waals surface area (Å²) in [5.74, 6) is -2.60. The van der Waals surface area contributed by atoms with Crippen LogP contribution in [0.15, 0.2) is 77.7 Å². The highest BCUT2D eigenvalue weighted by molar-refractivity contribution is 7.98. The summed E-state index contributed by atoms with van der Waals surface area (Å²) >= 11 is 1.58. The van der Waals surface area contributed by atoms with Gasteiger partial charge in [0.1, 0.15) is 0 Å². The summed E-state index contributed by atoms with van der Waals surface area (Å²) in [7, 11) is 1.97. The van der Waals surface area contributed by atoms with E-state index in [1.807, 2.05) is 85.0 Å². The first-order valence-electron chi connectivity index (χ1n) is 12.1. The summed E-state index contributed by atoms with van der Waals surface area (Å²) < 4.78 is 9.20. The van der Waals surface area contributed by atoms with Gasteiger partial charge in [-0.15, -0.1) is 11.8 Å². The Balaban J connectivity index is 0.000000296. The lowest BCUT2D eigenvalue weighted by Crippen LogP contribution is -2.17. The molecule has 0 aliphatic heterocycles. The van der Waals surface area contributed by atoms with Gasteiger partial charge in [-0.3, -0.25) is 14.4 Å². The number of hydrogen-bond donors (Lipinski definition) is 1. The Kier molecular flexibility index (Phi) is 15.4. The minimum absolute atomic E-state index is 0.111. The standard InChI is InChI=1S/C11H12O3S.C10H13O2P.C9H10O2/c1-3-14-11(13)10(12)8-4-6-9(15-2)7-5-8;1-7-3-5-9(6-4-7)8(2)10(11)12-13;1-7-2-4-8(5-3-7)6-9(10)11/h4-7H,3H2,1-2H3;3-6,8H,13H2,1-2H3;2-5H,6H2,1H3,(H,10,11). The van der Waals surface area contributed by atoms with Gasteiger partial charge in [-0.25, -0.2) is 4.79 Å². The molecule has 7 nitrogen and oxygen atoms in total. The minimum atomic E-state index is -0.797. The third kappa shape index (κ3) is 12.7. The van der Waals surface area contributed by atoms with Gasteiger partial charge < -0.3 is 14.4 Å². The third-order valence-corrected chi connectivity index (χ3v) is 6.31. The van der Waals surface area contributed by atoms with Crippen LogP contribution >= 0.6 is 21.2 Å². The van der Waals surface area contributed by atoms with Crippen molar-refractivity contribution >= 4 is 44.9 Å². The topological polar surface area (TPSA) is 107 Å². The molecule has 9 heteroatoms. The number of carboxylic acids is 1. The Hall–Kier alpha value is -3.48. The predicted molar refractivity (Wildman–Crippen MR) is 157 cm³/mol. The van der Waals surface area contributed by atoms with Crippen LogP contribution in [0.2, 0.25) is 0 Å². The lowest BCUT2D eigenvalue weighted by molar-refractivity contribution is -0.138. The van der Waals surface area contributed by atoms with Crippen LogP contribution in [0.5, 0.6) is 0 Å². The minimum Gasteiger partial charge on any atom is -0.481 e. The maximum absolute atomic E-state index is 11.5. The average Bonchev–Trinajstić information content (AvgIpc) is 2.94. The molecule has 0 saturated heterocycles. The molecular weight excluding hydrogens is 535 g/mol. The third-order valence-electron chi connectivity index (χ3n) is 5.34. The SMILES string of the molecule is CCOC(=O)C(=O)c1ccc(SC)cc1.Cc1ccc(C(C)C(=O)OP)cc1.Cc1ccc(CC(=O)O)cc1. The van der Waals surface area contributed by atoms with E-state index in [4.69, 9.17) is 5.11 Å². The number of ketones is 1. The van der Waals surface area contributed by atoms with Crippen LogP contribution in [-0.4, -0.2) is 41.7 Å². The van der Waals surface area contributed by atoms with E-state index in [9.17, 15) is 19.2 Å². The molecule has 0 aliphatic rings. The first kappa shape index (κ1) is 33.5. The molecule has 0 aromatic heterocycles. The smallest absolute Gasteiger partial charge is 0.379 e. The highest BCUT2D eigenvalue weighted by atomic mass is 32.2. The molecule has 0 amide bonds. The number of aliphatic carboxylic acids is 1. The largest absolute Gasteiger partial charge is 0.481 e. The second kappa shape index (κ2) is 17.9. The molecule has 0 radical (unpaired) electrons. The zero-order valence-corrected chi connectivity index (χ0v) is 24.8. The average molecular weight is 571 g/mol. The van der Waals surface area contributed by atoms with E-state index in [0.717, 1.165) is 21.6 Å². The number of hydrogen-bond acceptors (Lipinski definition) is 7. The van der Waals surface area contributed by atoms with E-state index >= 15 is 0 Å². The van der Waals surface area contributed by atoms with Gasteiger partial charge in [0, 0.05) is 10.5 Å². The normalized spacial score (nSPS) is 10.5. The van der Waals surface area contributed by atoms with Gasteiger partial charge in [0.2, 0.25) is 0 Å². The summed E-state index contributed by atoms with van der Waals surface area (Å²) in [5, 5.41) is 8.44. The fraction of sp³-hybridized carbons (Fsp3) is 0.267. The highest BCUT2D eigenvalue weighted by Crippen LogP contribution is 2.18. The number of ether oxygens (including phenoxy) is 1. The van der Waals surface area contributed by atoms with Gasteiger partial charge in [0.25, 0.3) is 5.78 Å². The van der Waals surface area contributed by atoms with Gasteiger partial charge in [-0.1, -0.05) is 59.7 Å². The lowest BCUT2D eigenvalue weighted by Gasteiger charge is -2.08. The molecule has 0 aliphatic carbocycles. The quantitative estimate of drug-likeness (QED) is 0.112. The molecule has 1 N–H and O–H groups in total. The van der Waals surface area contributed by atoms with Crippen LogP contribution in [-0.2, 0) is 30.1 Å². The molecule has 208 valence electrons. The molecule has 2 unspecified atom stereocenters. The van der Waals surface area contributed by atoms with Crippen molar-refractivity contribution in [3.8, 4) is 0 Å². The van der Waals surface area contributed by atoms with Crippen LogP contribution in [0, 0.1) is 13.8 Å². The van der Waals surface area contributed by atoms with Crippen molar-refractivity contribution in [2.75, 3.05) is 12.9 Å². The summed E-state index contributed by atoms with van der Waals surface area (Å²) in [6.45, 7) is 7.71. The Bertz CT molecular complexity index is 1210. The van der Waals surface area contributed by atoms with Gasteiger partial charge >= 0.3 is 17.9 Å². The predicted octanol–water partition coefficient (Wildman–Crippen LogP) is 6.21. The maximum Gasteiger partial charge on any atom is 0.379 e. The van der Waals surface area contributed by atoms with Crippen LogP contribution in [0.1, 0.15) is 52.4 Å². The van der Waals surface area contributed by atoms with Crippen LogP contribution in [0.25, 0.3) is 0 Å². The number of rotatable bonds is 8. The number of carboxylic acid groups (broad SMARTS) is 1. The second-order valence-corrected chi connectivity index (χ2v) is 9.52. The summed E-state index contributed by atoms with van der Waals surface area (Å²) in [5.41, 5.74) is 4.54. The van der Waals surface area contributed by atoms with Crippen LogP contribution < -0.4 is 0 Å². The van der Waals surface area contributed by atoms with Gasteiger partial charge in [0.15, 0.2) is 0 Å². The molecular formula is C30H35O7PS. The summed E-state index contributed by atoms with van der Waals surface area (Å²) in [6.07, 6.45) is 2.06. The number of carbonyl (C=O) groups excluding carboxylic acids is 3. The van der Waals surface area contributed by atoms with Crippen molar-refractivity contribution in [2.24, 2.45) is 0 Å². The molecule has 0 heterocycles. The fourth-order valence-corrected chi connectivity index (χ4v) is 3.64. The van der Waals surface area contributed by atoms with Gasteiger partial charge in [-0.05, 0) is 69.3 Å². The number of carbonyl (C=O) groups is 4. The lowest BCUT2D eigenvalue weighted by atomic mass is 10.0. The molecule has 0 fully saturated rings. The number of benzene rings is 3. The molecule has 3 aromatic carbocycles. The monoisotopic (exact) mass is 570 g/mol. The van der Waals surface area contributed by atoms with Gasteiger partial charge in [-0.2, -0.15) is 0 Å². The van der Waals surface area contributed by atoms with Crippen molar-refractivity contribution in [1.82, 2.24) is 0 Å². The molecule has 2 atom stereocenters. The Morgan fingerprint density at radius 1 is 0.872 bits per heavy atom. The van der Waals surface area contributed by atoms with Crippen molar-refractivity contribution in [1.29, 1.82) is 0 Å². The molecule has 0 bridgehead atoms. The van der Waals surface area contributed by atoms with E-state index in [-0.39, 0.29) is 24.9 Å². The Morgan fingerprint density at radius 3 is 1.82 bits per heavy atom. The Labute approximate surface area is 236 Å². The van der Waals surface area contributed by atoms with Crippen LogP contribution in [0.3, 0.4) is 0 Å². The zero-order valence-electron chi connectivity index (χ0n) is 22.8.